The number of hydrogen-bond acceptors (Lipinski definition) is 2. The Kier molecular flexibility index (Phi) is 9.31. The summed E-state index contributed by atoms with van der Waals surface area (Å²) in [5.74, 6) is -0.114. The lowest BCUT2D eigenvalue weighted by Gasteiger charge is -2.33. The van der Waals surface area contributed by atoms with Gasteiger partial charge in [0.2, 0.25) is 11.8 Å². The van der Waals surface area contributed by atoms with Crippen LogP contribution >= 0.6 is 0 Å². The number of nitrogens with one attached hydrogen (secondary N) is 1. The molecule has 196 valence electrons. The zero-order valence-electron chi connectivity index (χ0n) is 22.7. The molecule has 0 saturated carbocycles. The highest BCUT2D eigenvalue weighted by molar-refractivity contribution is 5.89. The van der Waals surface area contributed by atoms with Crippen molar-refractivity contribution in [2.45, 2.75) is 65.1 Å². The Balaban J connectivity index is 1.66. The molecule has 38 heavy (non-hydrogen) atoms. The van der Waals surface area contributed by atoms with Gasteiger partial charge < -0.3 is 10.2 Å². The van der Waals surface area contributed by atoms with E-state index in [-0.39, 0.29) is 17.9 Å². The van der Waals surface area contributed by atoms with Gasteiger partial charge in [0.1, 0.15) is 6.04 Å². The Labute approximate surface area is 226 Å². The van der Waals surface area contributed by atoms with Crippen LogP contribution in [0.25, 0.3) is 10.8 Å². The van der Waals surface area contributed by atoms with Crippen molar-refractivity contribution in [3.8, 4) is 0 Å². The van der Waals surface area contributed by atoms with Crippen LogP contribution in [0.3, 0.4) is 0 Å². The fourth-order valence-electron chi connectivity index (χ4n) is 4.86. The first-order valence-corrected chi connectivity index (χ1v) is 13.6. The van der Waals surface area contributed by atoms with E-state index >= 15 is 0 Å². The molecule has 0 saturated heterocycles. The van der Waals surface area contributed by atoms with Crippen LogP contribution < -0.4 is 5.32 Å². The highest BCUT2D eigenvalue weighted by Crippen LogP contribution is 2.22. The van der Waals surface area contributed by atoms with Gasteiger partial charge in [0, 0.05) is 25.4 Å². The molecule has 4 heteroatoms. The van der Waals surface area contributed by atoms with Gasteiger partial charge in [-0.1, -0.05) is 104 Å². The molecular weight excluding hydrogens is 468 g/mol. The van der Waals surface area contributed by atoms with Crippen molar-refractivity contribution < 1.29 is 9.59 Å². The third-order valence-corrected chi connectivity index (χ3v) is 7.36. The Bertz CT molecular complexity index is 1360. The lowest BCUT2D eigenvalue weighted by Crippen LogP contribution is -2.52. The molecular formula is C34H38N2O2. The number of nitrogens with zero attached hydrogens (tertiary/aromatic N) is 1. The second kappa shape index (κ2) is 13.0. The topological polar surface area (TPSA) is 49.4 Å². The van der Waals surface area contributed by atoms with Gasteiger partial charge in [0.05, 0.1) is 0 Å². The fraction of sp³-hybridized carbons (Fsp3) is 0.294. The van der Waals surface area contributed by atoms with Crippen LogP contribution in [0.5, 0.6) is 0 Å². The van der Waals surface area contributed by atoms with Crippen LogP contribution in [0.15, 0.2) is 97.1 Å². The summed E-state index contributed by atoms with van der Waals surface area (Å²) in [6, 6.07) is 32.0. The van der Waals surface area contributed by atoms with Crippen molar-refractivity contribution in [2.75, 3.05) is 0 Å². The van der Waals surface area contributed by atoms with Crippen LogP contribution in [0.1, 0.15) is 48.9 Å². The van der Waals surface area contributed by atoms with E-state index in [1.54, 1.807) is 4.90 Å². The van der Waals surface area contributed by atoms with Gasteiger partial charge in [-0.25, -0.2) is 0 Å². The fourth-order valence-corrected chi connectivity index (χ4v) is 4.86. The summed E-state index contributed by atoms with van der Waals surface area (Å²) in [6.45, 7) is 6.51. The molecule has 2 amide bonds. The average molecular weight is 507 g/mol. The number of benzene rings is 4. The number of carbonyl (C=O) groups excluding carboxylic acids is 2. The predicted molar refractivity (Wildman–Crippen MR) is 156 cm³/mol. The number of rotatable bonds is 11. The third kappa shape index (κ3) is 6.89. The van der Waals surface area contributed by atoms with Crippen LogP contribution in [0.2, 0.25) is 0 Å². The maximum Gasteiger partial charge on any atom is 0.243 e. The highest BCUT2D eigenvalue weighted by atomic mass is 16.2. The molecule has 0 aromatic heterocycles. The molecule has 2 unspecified atom stereocenters. The van der Waals surface area contributed by atoms with E-state index in [9.17, 15) is 9.59 Å². The third-order valence-electron chi connectivity index (χ3n) is 7.36. The van der Waals surface area contributed by atoms with E-state index < -0.39 is 6.04 Å². The normalized spacial score (nSPS) is 12.6. The zero-order valence-corrected chi connectivity index (χ0v) is 22.7. The average Bonchev–Trinajstić information content (AvgIpc) is 2.94. The monoisotopic (exact) mass is 506 g/mol. The molecule has 4 aromatic carbocycles. The smallest absolute Gasteiger partial charge is 0.243 e. The van der Waals surface area contributed by atoms with Crippen molar-refractivity contribution in [1.29, 1.82) is 0 Å². The first-order chi connectivity index (χ1) is 18.5. The Morgan fingerprint density at radius 1 is 0.816 bits per heavy atom. The lowest BCUT2D eigenvalue weighted by molar-refractivity contribution is -0.141. The van der Waals surface area contributed by atoms with Crippen LogP contribution in [-0.4, -0.2) is 28.8 Å². The number of hydrogen-bond donors (Lipinski definition) is 1. The summed E-state index contributed by atoms with van der Waals surface area (Å²) >= 11 is 0. The van der Waals surface area contributed by atoms with Crippen LogP contribution in [0, 0.1) is 6.92 Å². The molecule has 4 aromatic rings. The van der Waals surface area contributed by atoms with Gasteiger partial charge in [-0.05, 0) is 59.7 Å². The first kappa shape index (κ1) is 27.1. The van der Waals surface area contributed by atoms with Crippen molar-refractivity contribution in [3.05, 3.63) is 119 Å². The van der Waals surface area contributed by atoms with Crippen LogP contribution in [-0.2, 0) is 29.0 Å². The van der Waals surface area contributed by atoms with Gasteiger partial charge in [0.25, 0.3) is 0 Å². The van der Waals surface area contributed by atoms with Gasteiger partial charge in [0.15, 0.2) is 0 Å². The van der Waals surface area contributed by atoms with Crippen molar-refractivity contribution in [2.24, 2.45) is 0 Å². The van der Waals surface area contributed by atoms with Crippen molar-refractivity contribution in [3.63, 3.8) is 0 Å². The van der Waals surface area contributed by atoms with E-state index in [0.717, 1.165) is 28.7 Å². The summed E-state index contributed by atoms with van der Waals surface area (Å²) in [5.41, 5.74) is 4.35. The minimum Gasteiger partial charge on any atom is -0.352 e. The standard InChI is InChI=1S/C34H38N2O2/c1-4-26(3)35-34(38)32(23-27-14-6-5-7-15-27)36(24-30-17-9-8-13-25(30)2)33(37)22-21-29-19-12-18-28-16-10-11-20-31(28)29/h5-20,26,32H,4,21-24H2,1-3H3,(H,35,38). The van der Waals surface area contributed by atoms with Gasteiger partial charge in [-0.15, -0.1) is 0 Å². The van der Waals surface area contributed by atoms with E-state index in [1.165, 1.54) is 10.8 Å². The molecule has 0 aliphatic rings. The molecule has 0 aliphatic carbocycles. The van der Waals surface area contributed by atoms with Crippen molar-refractivity contribution >= 4 is 22.6 Å². The maximum absolute atomic E-state index is 14.0. The molecule has 0 spiro atoms. The minimum atomic E-state index is -0.606. The van der Waals surface area contributed by atoms with E-state index in [0.29, 0.717) is 25.8 Å². The van der Waals surface area contributed by atoms with E-state index in [2.05, 4.69) is 49.5 Å². The summed E-state index contributed by atoms with van der Waals surface area (Å²) in [6.07, 6.45) is 2.25. The largest absolute Gasteiger partial charge is 0.352 e. The number of amides is 2. The second-order valence-electron chi connectivity index (χ2n) is 10.1. The number of fused-ring (bicyclic) bond motifs is 1. The molecule has 0 radical (unpaired) electrons. The number of carbonyl (C=O) groups is 2. The van der Waals surface area contributed by atoms with Gasteiger partial charge in [-0.3, -0.25) is 9.59 Å². The summed E-state index contributed by atoms with van der Waals surface area (Å²) in [4.78, 5) is 29.5. The zero-order chi connectivity index (χ0) is 26.9. The number of aryl methyl sites for hydroxylation is 2. The molecule has 0 aliphatic heterocycles. The van der Waals surface area contributed by atoms with E-state index in [4.69, 9.17) is 0 Å². The summed E-state index contributed by atoms with van der Waals surface area (Å²) in [5, 5.41) is 5.49. The SMILES string of the molecule is CCC(C)NC(=O)C(Cc1ccccc1)N(Cc1ccccc1C)C(=O)CCc1cccc2ccccc12. The quantitative estimate of drug-likeness (QED) is 0.248. The van der Waals surface area contributed by atoms with Gasteiger partial charge in [-0.2, -0.15) is 0 Å². The van der Waals surface area contributed by atoms with Gasteiger partial charge >= 0.3 is 0 Å². The second-order valence-corrected chi connectivity index (χ2v) is 10.1. The molecule has 2 atom stereocenters. The predicted octanol–water partition coefficient (Wildman–Crippen LogP) is 6.64. The molecule has 0 bridgehead atoms. The highest BCUT2D eigenvalue weighted by Gasteiger charge is 2.31. The molecule has 4 nitrogen and oxygen atoms in total. The lowest BCUT2D eigenvalue weighted by atomic mass is 9.98. The van der Waals surface area contributed by atoms with Crippen molar-refractivity contribution in [1.82, 2.24) is 10.2 Å². The Morgan fingerprint density at radius 2 is 1.47 bits per heavy atom. The summed E-state index contributed by atoms with van der Waals surface area (Å²) < 4.78 is 0. The van der Waals surface area contributed by atoms with E-state index in [1.807, 2.05) is 73.7 Å². The summed E-state index contributed by atoms with van der Waals surface area (Å²) in [7, 11) is 0. The molecule has 0 fully saturated rings. The molecule has 1 N–H and O–H groups in total. The van der Waals surface area contributed by atoms with Crippen LogP contribution in [0.4, 0.5) is 0 Å². The first-order valence-electron chi connectivity index (χ1n) is 13.6. The Hall–Kier alpha value is -3.92. The molecule has 4 rings (SSSR count). The maximum atomic E-state index is 14.0. The molecule has 0 heterocycles. The Morgan fingerprint density at radius 3 is 2.24 bits per heavy atom. The minimum absolute atomic E-state index is 0.0126.